The average Bonchev–Trinajstić information content (AvgIpc) is 2.28. The van der Waals surface area contributed by atoms with Crippen molar-refractivity contribution in [3.8, 4) is 5.75 Å². The van der Waals surface area contributed by atoms with Gasteiger partial charge < -0.3 is 17.8 Å². The Morgan fingerprint density at radius 1 is 1.35 bits per heavy atom. The summed E-state index contributed by atoms with van der Waals surface area (Å²) in [7, 11) is 0. The van der Waals surface area contributed by atoms with Crippen molar-refractivity contribution < 1.29 is 27.4 Å². The quantitative estimate of drug-likeness (QED) is 0.654. The molecular weight excluding hydrogens is 319 g/mol. The van der Waals surface area contributed by atoms with Crippen molar-refractivity contribution in [2.45, 2.75) is 6.92 Å². The van der Waals surface area contributed by atoms with Gasteiger partial charge in [-0.15, -0.1) is 0 Å². The average molecular weight is 333 g/mol. The minimum absolute atomic E-state index is 0. The van der Waals surface area contributed by atoms with Gasteiger partial charge in [-0.25, -0.2) is 9.59 Å². The van der Waals surface area contributed by atoms with E-state index in [0.29, 0.717) is 15.8 Å². The maximum absolute atomic E-state index is 10.2. The molecule has 1 rings (SSSR count). The summed E-state index contributed by atoms with van der Waals surface area (Å²) in [6.07, 6.45) is 0. The van der Waals surface area contributed by atoms with Crippen LogP contribution in [0, 0.1) is 0 Å². The van der Waals surface area contributed by atoms with Crippen LogP contribution in [0.1, 0.15) is 9.78 Å². The van der Waals surface area contributed by atoms with Gasteiger partial charge in [0.15, 0.2) is 6.61 Å². The third kappa shape index (κ3) is 9.91. The van der Waals surface area contributed by atoms with Crippen molar-refractivity contribution in [3.63, 3.8) is 0 Å². The molecule has 0 atom stereocenters. The van der Waals surface area contributed by atoms with Gasteiger partial charge in [-0.1, -0.05) is 29.8 Å². The first-order valence-electron chi connectivity index (χ1n) is 4.92. The first kappa shape index (κ1) is 21.3. The fourth-order valence-electron chi connectivity index (χ4n) is 0.732. The summed E-state index contributed by atoms with van der Waals surface area (Å²) in [4.78, 5) is 19.8. The van der Waals surface area contributed by atoms with E-state index in [1.54, 1.807) is 6.07 Å². The second-order valence-corrected chi connectivity index (χ2v) is 4.19. The van der Waals surface area contributed by atoms with Crippen LogP contribution in [0.4, 0.5) is 0 Å². The molecule has 8 heteroatoms. The van der Waals surface area contributed by atoms with Crippen LogP contribution in [0.3, 0.4) is 0 Å². The van der Waals surface area contributed by atoms with Gasteiger partial charge in [-0.05, 0) is 25.1 Å². The van der Waals surface area contributed by atoms with E-state index in [4.69, 9.17) is 38.2 Å². The molecule has 0 bridgehead atoms. The van der Waals surface area contributed by atoms with Crippen molar-refractivity contribution in [1.29, 1.82) is 0 Å². The molecule has 20 heavy (non-hydrogen) atoms. The SMILES string of the molecule is C=C(C)C(=O)O.O=C(O)COc1ccc(Cl)cc1Cl.[H-].[H-].[Mg+2]. The van der Waals surface area contributed by atoms with Crippen molar-refractivity contribution in [1.82, 2.24) is 0 Å². The van der Waals surface area contributed by atoms with Crippen molar-refractivity contribution >= 4 is 58.2 Å². The molecule has 0 saturated heterocycles. The largest absolute Gasteiger partial charge is 2.00 e. The molecule has 0 saturated carbocycles. The predicted molar refractivity (Wildman–Crippen MR) is 80.0 cm³/mol. The summed E-state index contributed by atoms with van der Waals surface area (Å²) in [6, 6.07) is 4.58. The third-order valence-electron chi connectivity index (χ3n) is 1.61. The van der Waals surface area contributed by atoms with Crippen LogP contribution in [0.15, 0.2) is 30.4 Å². The number of halogens is 2. The summed E-state index contributed by atoms with van der Waals surface area (Å²) >= 11 is 11.3. The van der Waals surface area contributed by atoms with E-state index in [-0.39, 0.29) is 31.5 Å². The fraction of sp³-hybridized carbons (Fsp3) is 0.167. The Kier molecular flexibility index (Phi) is 11.5. The van der Waals surface area contributed by atoms with Gasteiger partial charge in [0.2, 0.25) is 0 Å². The molecule has 1 aromatic carbocycles. The summed E-state index contributed by atoms with van der Waals surface area (Å²) < 4.78 is 4.86. The Bertz CT molecular complexity index is 488. The minimum Gasteiger partial charge on any atom is -1.00 e. The summed E-state index contributed by atoms with van der Waals surface area (Å²) in [5.41, 5.74) is 0.176. The number of hydrogen-bond acceptors (Lipinski definition) is 3. The van der Waals surface area contributed by atoms with Crippen molar-refractivity contribution in [2.75, 3.05) is 6.61 Å². The van der Waals surface area contributed by atoms with Crippen molar-refractivity contribution in [3.05, 3.63) is 40.4 Å². The second-order valence-electron chi connectivity index (χ2n) is 3.34. The Morgan fingerprint density at radius 2 is 1.85 bits per heavy atom. The first-order chi connectivity index (χ1) is 8.73. The molecule has 0 aliphatic carbocycles. The van der Waals surface area contributed by atoms with Crippen LogP contribution < -0.4 is 4.74 Å². The zero-order valence-electron chi connectivity index (χ0n) is 12.7. The van der Waals surface area contributed by atoms with Crippen LogP contribution in [0.5, 0.6) is 5.75 Å². The second kappa shape index (κ2) is 10.8. The Hall–Kier alpha value is -0.954. The number of carboxylic acids is 2. The molecule has 108 valence electrons. The van der Waals surface area contributed by atoms with E-state index in [2.05, 4.69) is 6.58 Å². The summed E-state index contributed by atoms with van der Waals surface area (Å²) in [5, 5.41) is 17.0. The normalized spacial score (nSPS) is 8.55. The molecule has 1 aromatic rings. The van der Waals surface area contributed by atoms with E-state index >= 15 is 0 Å². The van der Waals surface area contributed by atoms with Gasteiger partial charge in [0.05, 0.1) is 5.02 Å². The molecule has 0 spiro atoms. The van der Waals surface area contributed by atoms with Crippen LogP contribution >= 0.6 is 23.2 Å². The molecule has 5 nitrogen and oxygen atoms in total. The molecule has 0 radical (unpaired) electrons. The number of aliphatic carboxylic acids is 2. The topological polar surface area (TPSA) is 83.8 Å². The smallest absolute Gasteiger partial charge is 1.00 e. The van der Waals surface area contributed by atoms with E-state index in [0.717, 1.165) is 0 Å². The first-order valence-corrected chi connectivity index (χ1v) is 5.68. The molecule has 0 amide bonds. The Balaban J connectivity index is -0.000000158. The number of carboxylic acid groups (broad SMARTS) is 2. The molecule has 0 heterocycles. The van der Waals surface area contributed by atoms with Crippen LogP contribution in [0.2, 0.25) is 10.0 Å². The maximum Gasteiger partial charge on any atom is 2.00 e. The van der Waals surface area contributed by atoms with Gasteiger partial charge in [0.1, 0.15) is 5.75 Å². The number of ether oxygens (including phenoxy) is 1. The molecule has 0 aliphatic heterocycles. The molecule has 0 aliphatic rings. The number of rotatable bonds is 4. The van der Waals surface area contributed by atoms with E-state index in [9.17, 15) is 9.59 Å². The number of benzene rings is 1. The fourth-order valence-corrected chi connectivity index (χ4v) is 1.19. The molecule has 0 aromatic heterocycles. The number of carbonyl (C=O) groups is 2. The van der Waals surface area contributed by atoms with Gasteiger partial charge >= 0.3 is 35.0 Å². The van der Waals surface area contributed by atoms with Crippen LogP contribution in [-0.4, -0.2) is 51.8 Å². The molecule has 0 unspecified atom stereocenters. The van der Waals surface area contributed by atoms with Gasteiger partial charge in [-0.3, -0.25) is 0 Å². The summed E-state index contributed by atoms with van der Waals surface area (Å²) in [5.74, 6) is -1.67. The summed E-state index contributed by atoms with van der Waals surface area (Å²) in [6.45, 7) is 4.19. The Labute approximate surface area is 145 Å². The monoisotopic (exact) mass is 332 g/mol. The van der Waals surface area contributed by atoms with E-state index < -0.39 is 18.5 Å². The minimum atomic E-state index is -1.05. The van der Waals surface area contributed by atoms with E-state index in [1.165, 1.54) is 19.1 Å². The predicted octanol–water partition coefficient (Wildman–Crippen LogP) is 2.95. The Morgan fingerprint density at radius 3 is 2.20 bits per heavy atom. The van der Waals surface area contributed by atoms with Crippen molar-refractivity contribution in [2.24, 2.45) is 0 Å². The zero-order chi connectivity index (χ0) is 15.0. The third-order valence-corrected chi connectivity index (χ3v) is 2.14. The van der Waals surface area contributed by atoms with Crippen LogP contribution in [0.25, 0.3) is 0 Å². The zero-order valence-corrected chi connectivity index (χ0v) is 13.7. The number of hydrogen-bond donors (Lipinski definition) is 2. The molecule has 2 N–H and O–H groups in total. The van der Waals surface area contributed by atoms with Gasteiger partial charge in [0.25, 0.3) is 0 Å². The standard InChI is InChI=1S/C8H6Cl2O3.C4H6O2.Mg.2H/c9-5-1-2-7(6(10)3-5)13-4-8(11)12;1-3(2)4(5)6;;;/h1-3H,4H2,(H,11,12);1H2,2H3,(H,5,6);;;/q;;+2;2*-1. The maximum atomic E-state index is 10.2. The molecule has 0 fully saturated rings. The van der Waals surface area contributed by atoms with Gasteiger partial charge in [0, 0.05) is 10.6 Å². The van der Waals surface area contributed by atoms with E-state index in [1.807, 2.05) is 0 Å². The molecular formula is C12H14Cl2MgO5. The van der Waals surface area contributed by atoms with Gasteiger partial charge in [-0.2, -0.15) is 0 Å². The van der Waals surface area contributed by atoms with Crippen LogP contribution in [-0.2, 0) is 9.59 Å².